The van der Waals surface area contributed by atoms with Gasteiger partial charge < -0.3 is 24.8 Å². The maximum absolute atomic E-state index is 12.2. The topological polar surface area (TPSA) is 68.8 Å². The standard InChI is InChI=1S/C21H28N2O4/c1-16(23-18-6-10-20(11-7-18)27-15-14-25-2)21(24)22-13-12-17-4-8-19(26-3)9-5-17/h4-11,16,23H,12-15H2,1-3H3,(H,22,24)/t16-/m1/s1. The SMILES string of the molecule is COCCOc1ccc(N[C@H](C)C(=O)NCCc2ccc(OC)cc2)cc1. The molecule has 27 heavy (non-hydrogen) atoms. The highest BCUT2D eigenvalue weighted by Crippen LogP contribution is 2.16. The van der Waals surface area contributed by atoms with Crippen LogP contribution < -0.4 is 20.1 Å². The number of rotatable bonds is 11. The Morgan fingerprint density at radius 2 is 1.63 bits per heavy atom. The molecule has 0 aromatic heterocycles. The highest BCUT2D eigenvalue weighted by atomic mass is 16.5. The average Bonchev–Trinajstić information content (AvgIpc) is 2.70. The molecule has 146 valence electrons. The Morgan fingerprint density at radius 3 is 2.26 bits per heavy atom. The highest BCUT2D eigenvalue weighted by Gasteiger charge is 2.12. The quantitative estimate of drug-likeness (QED) is 0.594. The van der Waals surface area contributed by atoms with Gasteiger partial charge in [-0.05, 0) is 55.3 Å². The van der Waals surface area contributed by atoms with Gasteiger partial charge in [-0.1, -0.05) is 12.1 Å². The second-order valence-corrected chi connectivity index (χ2v) is 6.12. The summed E-state index contributed by atoms with van der Waals surface area (Å²) in [6.07, 6.45) is 0.774. The Hall–Kier alpha value is -2.73. The lowest BCUT2D eigenvalue weighted by Gasteiger charge is -2.16. The molecule has 1 atom stereocenters. The average molecular weight is 372 g/mol. The van der Waals surface area contributed by atoms with Crippen molar-refractivity contribution in [1.82, 2.24) is 5.32 Å². The Morgan fingerprint density at radius 1 is 0.963 bits per heavy atom. The molecule has 2 rings (SSSR count). The van der Waals surface area contributed by atoms with Gasteiger partial charge in [-0.15, -0.1) is 0 Å². The molecular formula is C21H28N2O4. The summed E-state index contributed by atoms with van der Waals surface area (Å²) in [5.74, 6) is 1.56. The predicted octanol–water partition coefficient (Wildman–Crippen LogP) is 2.88. The molecule has 6 nitrogen and oxygen atoms in total. The van der Waals surface area contributed by atoms with E-state index in [1.54, 1.807) is 14.2 Å². The molecule has 0 saturated carbocycles. The zero-order valence-electron chi connectivity index (χ0n) is 16.2. The molecule has 0 radical (unpaired) electrons. The summed E-state index contributed by atoms with van der Waals surface area (Å²) in [6, 6.07) is 15.0. The summed E-state index contributed by atoms with van der Waals surface area (Å²) in [6.45, 7) is 3.49. The van der Waals surface area contributed by atoms with Crippen LogP contribution in [0.5, 0.6) is 11.5 Å². The summed E-state index contributed by atoms with van der Waals surface area (Å²) in [7, 11) is 3.28. The molecule has 1 amide bonds. The molecule has 0 spiro atoms. The number of carbonyl (C=O) groups is 1. The number of carbonyl (C=O) groups excluding carboxylic acids is 1. The lowest BCUT2D eigenvalue weighted by Crippen LogP contribution is -2.38. The fraction of sp³-hybridized carbons (Fsp3) is 0.381. The van der Waals surface area contributed by atoms with Crippen molar-refractivity contribution in [3.8, 4) is 11.5 Å². The van der Waals surface area contributed by atoms with E-state index in [9.17, 15) is 4.79 Å². The number of anilines is 1. The largest absolute Gasteiger partial charge is 0.497 e. The van der Waals surface area contributed by atoms with E-state index in [1.165, 1.54) is 0 Å². The first kappa shape index (κ1) is 20.6. The molecule has 2 aromatic carbocycles. The van der Waals surface area contributed by atoms with Crippen LogP contribution in [-0.2, 0) is 16.0 Å². The number of benzene rings is 2. The van der Waals surface area contributed by atoms with Crippen molar-refractivity contribution in [3.63, 3.8) is 0 Å². The van der Waals surface area contributed by atoms with Crippen LogP contribution in [0, 0.1) is 0 Å². The van der Waals surface area contributed by atoms with E-state index in [-0.39, 0.29) is 11.9 Å². The van der Waals surface area contributed by atoms with Gasteiger partial charge in [-0.2, -0.15) is 0 Å². The van der Waals surface area contributed by atoms with Crippen molar-refractivity contribution in [1.29, 1.82) is 0 Å². The van der Waals surface area contributed by atoms with Gasteiger partial charge in [-0.25, -0.2) is 0 Å². The van der Waals surface area contributed by atoms with Crippen LogP contribution >= 0.6 is 0 Å². The zero-order valence-corrected chi connectivity index (χ0v) is 16.2. The van der Waals surface area contributed by atoms with Gasteiger partial charge in [0.15, 0.2) is 0 Å². The van der Waals surface area contributed by atoms with E-state index in [1.807, 2.05) is 55.5 Å². The van der Waals surface area contributed by atoms with Crippen LogP contribution in [0.2, 0.25) is 0 Å². The van der Waals surface area contributed by atoms with E-state index in [0.717, 1.165) is 29.2 Å². The molecular weight excluding hydrogens is 344 g/mol. The van der Waals surface area contributed by atoms with Crippen LogP contribution in [0.1, 0.15) is 12.5 Å². The van der Waals surface area contributed by atoms with Crippen LogP contribution in [0.25, 0.3) is 0 Å². The molecule has 2 N–H and O–H groups in total. The highest BCUT2D eigenvalue weighted by molar-refractivity contribution is 5.84. The molecule has 0 fully saturated rings. The first-order chi connectivity index (χ1) is 13.1. The van der Waals surface area contributed by atoms with Gasteiger partial charge in [0.1, 0.15) is 24.1 Å². The van der Waals surface area contributed by atoms with Gasteiger partial charge >= 0.3 is 0 Å². The number of amides is 1. The normalized spacial score (nSPS) is 11.5. The van der Waals surface area contributed by atoms with E-state index in [2.05, 4.69) is 10.6 Å². The van der Waals surface area contributed by atoms with E-state index >= 15 is 0 Å². The molecule has 0 unspecified atom stereocenters. The minimum absolute atomic E-state index is 0.0380. The van der Waals surface area contributed by atoms with Crippen LogP contribution in [0.3, 0.4) is 0 Å². The number of hydrogen-bond donors (Lipinski definition) is 2. The van der Waals surface area contributed by atoms with E-state index < -0.39 is 0 Å². The minimum Gasteiger partial charge on any atom is -0.497 e. The maximum atomic E-state index is 12.2. The third-order valence-corrected chi connectivity index (χ3v) is 4.06. The fourth-order valence-corrected chi connectivity index (χ4v) is 2.48. The van der Waals surface area contributed by atoms with Gasteiger partial charge in [0.2, 0.25) is 5.91 Å². The lowest BCUT2D eigenvalue weighted by molar-refractivity contribution is -0.121. The molecule has 2 aromatic rings. The number of hydrogen-bond acceptors (Lipinski definition) is 5. The second kappa shape index (κ2) is 11.1. The van der Waals surface area contributed by atoms with E-state index in [0.29, 0.717) is 19.8 Å². The summed E-state index contributed by atoms with van der Waals surface area (Å²) in [4.78, 5) is 12.2. The summed E-state index contributed by atoms with van der Waals surface area (Å²) in [5.41, 5.74) is 2.02. The van der Waals surface area contributed by atoms with Crippen molar-refractivity contribution < 1.29 is 19.0 Å². The third kappa shape index (κ3) is 7.19. The van der Waals surface area contributed by atoms with Crippen LogP contribution in [0.4, 0.5) is 5.69 Å². The van der Waals surface area contributed by atoms with Gasteiger partial charge in [0.05, 0.1) is 13.7 Å². The number of nitrogens with one attached hydrogen (secondary N) is 2. The van der Waals surface area contributed by atoms with Crippen molar-refractivity contribution in [2.75, 3.05) is 39.3 Å². The second-order valence-electron chi connectivity index (χ2n) is 6.12. The van der Waals surface area contributed by atoms with Gasteiger partial charge in [0, 0.05) is 19.3 Å². The van der Waals surface area contributed by atoms with Crippen molar-refractivity contribution >= 4 is 11.6 Å². The smallest absolute Gasteiger partial charge is 0.242 e. The van der Waals surface area contributed by atoms with Crippen molar-refractivity contribution in [2.24, 2.45) is 0 Å². The number of ether oxygens (including phenoxy) is 3. The third-order valence-electron chi connectivity index (χ3n) is 4.06. The zero-order chi connectivity index (χ0) is 19.5. The molecule has 0 aliphatic rings. The Labute approximate surface area is 160 Å². The summed E-state index contributed by atoms with van der Waals surface area (Å²) >= 11 is 0. The predicted molar refractivity (Wildman–Crippen MR) is 107 cm³/mol. The monoisotopic (exact) mass is 372 g/mol. The van der Waals surface area contributed by atoms with Gasteiger partial charge in [0.25, 0.3) is 0 Å². The van der Waals surface area contributed by atoms with E-state index in [4.69, 9.17) is 14.2 Å². The molecule has 0 saturated heterocycles. The van der Waals surface area contributed by atoms with Crippen LogP contribution in [-0.4, -0.2) is 45.9 Å². The number of methoxy groups -OCH3 is 2. The first-order valence-electron chi connectivity index (χ1n) is 9.01. The lowest BCUT2D eigenvalue weighted by atomic mass is 10.1. The summed E-state index contributed by atoms with van der Waals surface area (Å²) in [5, 5.41) is 6.15. The molecule has 0 heterocycles. The molecule has 0 bridgehead atoms. The molecule has 6 heteroatoms. The van der Waals surface area contributed by atoms with Gasteiger partial charge in [-0.3, -0.25) is 4.79 Å². The molecule has 0 aliphatic carbocycles. The Bertz CT molecular complexity index is 686. The van der Waals surface area contributed by atoms with Crippen LogP contribution in [0.15, 0.2) is 48.5 Å². The Kier molecular flexibility index (Phi) is 8.45. The van der Waals surface area contributed by atoms with Crippen molar-refractivity contribution in [3.05, 3.63) is 54.1 Å². The minimum atomic E-state index is -0.332. The first-order valence-corrected chi connectivity index (χ1v) is 9.01. The maximum Gasteiger partial charge on any atom is 0.242 e. The van der Waals surface area contributed by atoms with Crippen molar-refractivity contribution in [2.45, 2.75) is 19.4 Å². The summed E-state index contributed by atoms with van der Waals surface area (Å²) < 4.78 is 15.6. The Balaban J connectivity index is 1.72. The fourth-order valence-electron chi connectivity index (χ4n) is 2.48. The molecule has 0 aliphatic heterocycles.